The second-order valence-corrected chi connectivity index (χ2v) is 7.11. The monoisotopic (exact) mass is 384 g/mol. The van der Waals surface area contributed by atoms with Crippen LogP contribution in [0.2, 0.25) is 0 Å². The summed E-state index contributed by atoms with van der Waals surface area (Å²) in [4.78, 5) is 8.77. The van der Waals surface area contributed by atoms with Crippen LogP contribution in [0.3, 0.4) is 0 Å². The normalized spacial score (nSPS) is 11.4. The molecular weight excluding hydrogens is 368 g/mol. The summed E-state index contributed by atoms with van der Waals surface area (Å²) in [5.74, 6) is 0.602. The predicted molar refractivity (Wildman–Crippen MR) is 114 cm³/mol. The van der Waals surface area contributed by atoms with Crippen molar-refractivity contribution < 1.29 is 0 Å². The summed E-state index contributed by atoms with van der Waals surface area (Å²) in [5, 5.41) is 11.2. The number of nitrogens with one attached hydrogen (secondary N) is 2. The van der Waals surface area contributed by atoms with Crippen molar-refractivity contribution in [1.82, 2.24) is 19.7 Å². The van der Waals surface area contributed by atoms with E-state index in [-0.39, 0.29) is 0 Å². The van der Waals surface area contributed by atoms with Gasteiger partial charge < -0.3 is 4.98 Å². The molecular formula is C21H16N6S. The number of aromatic amines is 1. The molecule has 5 rings (SSSR count). The number of H-pyrrole nitrogens is 1. The maximum absolute atomic E-state index is 4.77. The van der Waals surface area contributed by atoms with Gasteiger partial charge in [0.25, 0.3) is 0 Å². The molecule has 3 heterocycles. The van der Waals surface area contributed by atoms with Gasteiger partial charge in [0, 0.05) is 11.8 Å². The number of imidazole rings is 1. The highest BCUT2D eigenvalue weighted by molar-refractivity contribution is 7.13. The first-order valence-electron chi connectivity index (χ1n) is 8.79. The van der Waals surface area contributed by atoms with Gasteiger partial charge in [0.1, 0.15) is 5.69 Å². The van der Waals surface area contributed by atoms with Gasteiger partial charge in [-0.2, -0.15) is 10.2 Å². The Morgan fingerprint density at radius 1 is 1.00 bits per heavy atom. The Hall–Kier alpha value is -3.71. The quantitative estimate of drug-likeness (QED) is 0.334. The molecule has 3 aromatic heterocycles. The molecule has 0 amide bonds. The summed E-state index contributed by atoms with van der Waals surface area (Å²) in [7, 11) is 0. The Morgan fingerprint density at radius 3 is 2.68 bits per heavy atom. The van der Waals surface area contributed by atoms with E-state index in [1.807, 2.05) is 76.9 Å². The fourth-order valence-corrected chi connectivity index (χ4v) is 3.70. The van der Waals surface area contributed by atoms with Crippen molar-refractivity contribution in [1.29, 1.82) is 0 Å². The van der Waals surface area contributed by atoms with E-state index in [0.29, 0.717) is 5.95 Å². The molecule has 0 aliphatic carbocycles. The number of nitrogens with zero attached hydrogens (tertiary/aromatic N) is 4. The molecule has 0 spiro atoms. The van der Waals surface area contributed by atoms with Crippen LogP contribution in [-0.2, 0) is 0 Å². The van der Waals surface area contributed by atoms with E-state index in [1.54, 1.807) is 17.6 Å². The van der Waals surface area contributed by atoms with Crippen LogP contribution in [0.25, 0.3) is 27.3 Å². The lowest BCUT2D eigenvalue weighted by molar-refractivity contribution is 0.885. The van der Waals surface area contributed by atoms with Crippen molar-refractivity contribution in [2.45, 2.75) is 0 Å². The van der Waals surface area contributed by atoms with Crippen LogP contribution in [0.1, 0.15) is 5.56 Å². The number of benzene rings is 2. The zero-order chi connectivity index (χ0) is 18.8. The molecule has 0 atom stereocenters. The molecule has 0 radical (unpaired) electrons. The molecule has 0 saturated heterocycles. The summed E-state index contributed by atoms with van der Waals surface area (Å²) in [6, 6.07) is 22.0. The third-order valence-electron chi connectivity index (χ3n) is 4.28. The number of hydrogen-bond acceptors (Lipinski definition) is 5. The summed E-state index contributed by atoms with van der Waals surface area (Å²) in [6.45, 7) is 0. The lowest BCUT2D eigenvalue weighted by Crippen LogP contribution is -1.93. The van der Waals surface area contributed by atoms with Gasteiger partial charge in [0.2, 0.25) is 5.95 Å². The highest BCUT2D eigenvalue weighted by Gasteiger charge is 2.12. The molecule has 2 aromatic carbocycles. The Bertz CT molecular complexity index is 1200. The van der Waals surface area contributed by atoms with E-state index >= 15 is 0 Å². The minimum absolute atomic E-state index is 0.602. The fraction of sp³-hybridized carbons (Fsp3) is 0. The Labute approximate surface area is 165 Å². The molecule has 136 valence electrons. The predicted octanol–water partition coefficient (Wildman–Crippen LogP) is 4.92. The Morgan fingerprint density at radius 2 is 1.86 bits per heavy atom. The van der Waals surface area contributed by atoms with Crippen LogP contribution in [0.4, 0.5) is 5.95 Å². The molecule has 2 N–H and O–H groups in total. The van der Waals surface area contributed by atoms with Crippen molar-refractivity contribution >= 4 is 34.5 Å². The van der Waals surface area contributed by atoms with Crippen molar-refractivity contribution in [2.24, 2.45) is 5.10 Å². The third kappa shape index (κ3) is 3.19. The van der Waals surface area contributed by atoms with Gasteiger partial charge in [0.05, 0.1) is 27.8 Å². The second-order valence-electron chi connectivity index (χ2n) is 6.16. The summed E-state index contributed by atoms with van der Waals surface area (Å²) in [5.41, 5.74) is 7.67. The zero-order valence-electron chi connectivity index (χ0n) is 14.8. The third-order valence-corrected chi connectivity index (χ3v) is 5.16. The van der Waals surface area contributed by atoms with Crippen LogP contribution >= 0.6 is 11.3 Å². The zero-order valence-corrected chi connectivity index (χ0v) is 15.6. The standard InChI is InChI=1S/C21H16N6S/c1-2-7-16(8-3-1)27-14-15(20(26-27)19-11-6-12-28-19)13-22-25-21-23-17-9-4-5-10-18(17)24-21/h1-14H,(H2,23,24,25). The van der Waals surface area contributed by atoms with Crippen LogP contribution in [0.15, 0.2) is 83.4 Å². The molecule has 0 saturated carbocycles. The van der Waals surface area contributed by atoms with Crippen molar-refractivity contribution in [3.63, 3.8) is 0 Å². The van der Waals surface area contributed by atoms with Gasteiger partial charge in [0.15, 0.2) is 0 Å². The molecule has 0 fully saturated rings. The first kappa shape index (κ1) is 16.5. The average molecular weight is 384 g/mol. The molecule has 6 nitrogen and oxygen atoms in total. The van der Waals surface area contributed by atoms with E-state index in [9.17, 15) is 0 Å². The number of para-hydroxylation sites is 3. The first-order chi connectivity index (χ1) is 13.9. The number of hydrogen-bond donors (Lipinski definition) is 2. The number of rotatable bonds is 5. The van der Waals surface area contributed by atoms with Crippen LogP contribution in [0, 0.1) is 0 Å². The smallest absolute Gasteiger partial charge is 0.222 e. The molecule has 28 heavy (non-hydrogen) atoms. The van der Waals surface area contributed by atoms with E-state index in [1.165, 1.54) is 0 Å². The molecule has 0 bridgehead atoms. The second kappa shape index (κ2) is 7.13. The van der Waals surface area contributed by atoms with E-state index in [0.717, 1.165) is 32.9 Å². The topological polar surface area (TPSA) is 70.9 Å². The average Bonchev–Trinajstić information content (AvgIpc) is 3.47. The summed E-state index contributed by atoms with van der Waals surface area (Å²) >= 11 is 1.66. The Kier molecular flexibility index (Phi) is 4.19. The maximum Gasteiger partial charge on any atom is 0.222 e. The molecule has 7 heteroatoms. The minimum atomic E-state index is 0.602. The van der Waals surface area contributed by atoms with Gasteiger partial charge in [-0.1, -0.05) is 36.4 Å². The van der Waals surface area contributed by atoms with Gasteiger partial charge in [-0.05, 0) is 35.7 Å². The molecule has 0 aliphatic heterocycles. The largest absolute Gasteiger partial charge is 0.323 e. The van der Waals surface area contributed by atoms with Crippen molar-refractivity contribution in [2.75, 3.05) is 5.43 Å². The minimum Gasteiger partial charge on any atom is -0.323 e. The number of aromatic nitrogens is 4. The van der Waals surface area contributed by atoms with Crippen molar-refractivity contribution in [3.8, 4) is 16.3 Å². The summed E-state index contributed by atoms with van der Waals surface area (Å²) < 4.78 is 1.87. The van der Waals surface area contributed by atoms with Gasteiger partial charge in [-0.25, -0.2) is 15.1 Å². The summed E-state index contributed by atoms with van der Waals surface area (Å²) in [6.07, 6.45) is 3.75. The lowest BCUT2D eigenvalue weighted by atomic mass is 10.2. The Balaban J connectivity index is 1.46. The maximum atomic E-state index is 4.77. The molecule has 5 aromatic rings. The molecule has 0 unspecified atom stereocenters. The van der Waals surface area contributed by atoms with Gasteiger partial charge in [-0.15, -0.1) is 11.3 Å². The van der Waals surface area contributed by atoms with Crippen molar-refractivity contribution in [3.05, 3.63) is 83.9 Å². The number of thiophene rings is 1. The lowest BCUT2D eigenvalue weighted by Gasteiger charge is -1.98. The SMILES string of the molecule is C(=NNc1nc2ccccc2[nH]1)c1cn(-c2ccccc2)nc1-c1cccs1. The van der Waals surface area contributed by atoms with E-state index in [4.69, 9.17) is 5.10 Å². The fourth-order valence-electron chi connectivity index (χ4n) is 2.97. The highest BCUT2D eigenvalue weighted by Crippen LogP contribution is 2.27. The number of fused-ring (bicyclic) bond motifs is 1. The number of hydrazone groups is 1. The van der Waals surface area contributed by atoms with Gasteiger partial charge in [-0.3, -0.25) is 0 Å². The van der Waals surface area contributed by atoms with Gasteiger partial charge >= 0.3 is 0 Å². The van der Waals surface area contributed by atoms with Crippen LogP contribution < -0.4 is 5.43 Å². The van der Waals surface area contributed by atoms with Crippen LogP contribution in [-0.4, -0.2) is 26.0 Å². The first-order valence-corrected chi connectivity index (χ1v) is 9.67. The van der Waals surface area contributed by atoms with E-state index < -0.39 is 0 Å². The number of anilines is 1. The molecule has 0 aliphatic rings. The van der Waals surface area contributed by atoms with Crippen LogP contribution in [0.5, 0.6) is 0 Å². The highest BCUT2D eigenvalue weighted by atomic mass is 32.1. The van der Waals surface area contributed by atoms with E-state index in [2.05, 4.69) is 26.6 Å².